The number of nitrogens with one attached hydrogen (secondary N) is 1. The van der Waals surface area contributed by atoms with Crippen LogP contribution in [0.2, 0.25) is 0 Å². The molecule has 1 fully saturated rings. The normalized spacial score (nSPS) is 16.6. The molecule has 0 bridgehead atoms. The van der Waals surface area contributed by atoms with Gasteiger partial charge >= 0.3 is 0 Å². The van der Waals surface area contributed by atoms with Crippen LogP contribution in [0.3, 0.4) is 0 Å². The summed E-state index contributed by atoms with van der Waals surface area (Å²) in [6.07, 6.45) is 0.0359. The van der Waals surface area contributed by atoms with Crippen molar-refractivity contribution in [2.45, 2.75) is 52.7 Å². The van der Waals surface area contributed by atoms with Crippen LogP contribution in [0.5, 0.6) is 0 Å². The highest BCUT2D eigenvalue weighted by molar-refractivity contribution is 14.0. The smallest absolute Gasteiger partial charge is 0.216 e. The van der Waals surface area contributed by atoms with Crippen LogP contribution in [0.15, 0.2) is 10.4 Å². The Morgan fingerprint density at radius 2 is 1.93 bits per heavy atom. The van der Waals surface area contributed by atoms with Gasteiger partial charge in [0.15, 0.2) is 5.96 Å². The number of rotatable bonds is 7. The van der Waals surface area contributed by atoms with E-state index >= 15 is 0 Å². The molecule has 30 heavy (non-hydrogen) atoms. The number of hydrogen-bond acceptors (Lipinski definition) is 6. The zero-order valence-corrected chi connectivity index (χ0v) is 22.8. The molecular weight excluding hydrogens is 537 g/mol. The number of guanidine groups is 1. The van der Waals surface area contributed by atoms with Crippen molar-refractivity contribution in [2.24, 2.45) is 4.99 Å². The Kier molecular flexibility index (Phi) is 11.0. The molecule has 174 valence electrons. The number of hydrogen-bond donors (Lipinski definition) is 1. The summed E-state index contributed by atoms with van der Waals surface area (Å²) in [4.78, 5) is 11.2. The number of aromatic nitrogens is 1. The Labute approximate surface area is 202 Å². The number of thiazole rings is 1. The summed E-state index contributed by atoms with van der Waals surface area (Å²) in [5.74, 6) is 0.802. The van der Waals surface area contributed by atoms with E-state index in [1.54, 1.807) is 22.7 Å². The van der Waals surface area contributed by atoms with Gasteiger partial charge in [-0.3, -0.25) is 4.99 Å². The first-order valence-corrected chi connectivity index (χ1v) is 12.5. The molecule has 0 saturated carbocycles. The van der Waals surface area contributed by atoms with Crippen LogP contribution in [0.1, 0.15) is 45.3 Å². The summed E-state index contributed by atoms with van der Waals surface area (Å²) in [6, 6.07) is 0. The zero-order chi connectivity index (χ0) is 21.7. The largest absolute Gasteiger partial charge is 0.378 e. The second kappa shape index (κ2) is 11.9. The third-order valence-corrected chi connectivity index (χ3v) is 7.34. The molecule has 8 nitrogen and oxygen atoms in total. The van der Waals surface area contributed by atoms with Crippen LogP contribution in [0.25, 0.3) is 0 Å². The molecule has 0 spiro atoms. The molecule has 0 radical (unpaired) electrons. The van der Waals surface area contributed by atoms with Crippen molar-refractivity contribution >= 4 is 51.3 Å². The maximum Gasteiger partial charge on any atom is 0.216 e. The van der Waals surface area contributed by atoms with Gasteiger partial charge in [-0.2, -0.15) is 4.31 Å². The van der Waals surface area contributed by atoms with Crippen molar-refractivity contribution in [3.63, 3.8) is 0 Å². The second-order valence-corrected chi connectivity index (χ2v) is 11.4. The van der Waals surface area contributed by atoms with E-state index in [9.17, 15) is 8.42 Å². The molecule has 0 aromatic carbocycles. The molecule has 11 heteroatoms. The highest BCUT2D eigenvalue weighted by Crippen LogP contribution is 2.23. The van der Waals surface area contributed by atoms with Gasteiger partial charge in [-0.15, -0.1) is 35.3 Å². The summed E-state index contributed by atoms with van der Waals surface area (Å²) in [6.45, 7) is 13.2. The summed E-state index contributed by atoms with van der Waals surface area (Å²) < 4.78 is 31.9. The van der Waals surface area contributed by atoms with Crippen molar-refractivity contribution in [2.75, 3.05) is 45.6 Å². The summed E-state index contributed by atoms with van der Waals surface area (Å²) in [7, 11) is -1.54. The molecule has 2 rings (SSSR count). The lowest BCUT2D eigenvalue weighted by Crippen LogP contribution is -2.54. The van der Waals surface area contributed by atoms with E-state index in [4.69, 9.17) is 9.72 Å². The molecule has 0 amide bonds. The minimum absolute atomic E-state index is 0. The summed E-state index contributed by atoms with van der Waals surface area (Å²) in [5, 5.41) is 6.48. The first kappa shape index (κ1) is 27.5. The van der Waals surface area contributed by atoms with Crippen molar-refractivity contribution in [3.8, 4) is 0 Å². The first-order chi connectivity index (χ1) is 13.5. The van der Waals surface area contributed by atoms with Crippen molar-refractivity contribution in [1.82, 2.24) is 19.5 Å². The van der Waals surface area contributed by atoms with Gasteiger partial charge in [0, 0.05) is 44.0 Å². The van der Waals surface area contributed by atoms with Crippen molar-refractivity contribution in [1.29, 1.82) is 0 Å². The fourth-order valence-corrected chi connectivity index (χ4v) is 5.16. The van der Waals surface area contributed by atoms with Gasteiger partial charge in [0.05, 0.1) is 30.7 Å². The maximum atomic E-state index is 12.5. The van der Waals surface area contributed by atoms with E-state index in [0.29, 0.717) is 32.7 Å². The van der Waals surface area contributed by atoms with E-state index in [1.165, 1.54) is 0 Å². The number of halogens is 1. The Morgan fingerprint density at radius 3 is 2.43 bits per heavy atom. The number of aliphatic imine (C=N–C) groups is 1. The van der Waals surface area contributed by atoms with Gasteiger partial charge in [0.2, 0.25) is 10.0 Å². The van der Waals surface area contributed by atoms with E-state index in [1.807, 2.05) is 13.8 Å². The molecule has 1 saturated heterocycles. The molecule has 0 aliphatic carbocycles. The van der Waals surface area contributed by atoms with E-state index in [0.717, 1.165) is 16.7 Å². The van der Waals surface area contributed by atoms with Crippen LogP contribution in [-0.4, -0.2) is 80.3 Å². The quantitative estimate of drug-likeness (QED) is 0.307. The maximum absolute atomic E-state index is 12.5. The molecule has 1 aliphatic heterocycles. The number of ether oxygens (including phenoxy) is 1. The van der Waals surface area contributed by atoms with Gasteiger partial charge in [0.25, 0.3) is 0 Å². The first-order valence-electron chi connectivity index (χ1n) is 10.0. The lowest BCUT2D eigenvalue weighted by Gasteiger charge is -2.35. The topological polar surface area (TPSA) is 87.1 Å². The van der Waals surface area contributed by atoms with Gasteiger partial charge in [0.1, 0.15) is 5.01 Å². The average Bonchev–Trinajstić information content (AvgIpc) is 3.11. The minimum Gasteiger partial charge on any atom is -0.378 e. The minimum atomic E-state index is -3.29. The lowest BCUT2D eigenvalue weighted by molar-refractivity contribution is 0.0904. The van der Waals surface area contributed by atoms with E-state index in [-0.39, 0.29) is 47.9 Å². The fraction of sp³-hybridized carbons (Fsp3) is 0.789. The predicted molar refractivity (Wildman–Crippen MR) is 134 cm³/mol. The van der Waals surface area contributed by atoms with Crippen LogP contribution in [-0.2, 0) is 26.7 Å². The number of sulfonamides is 1. The molecular formula is C19H36IN5O3S2. The lowest BCUT2D eigenvalue weighted by atomic mass is 9.93. The Hall–Kier alpha value is -0.500. The number of nitrogens with zero attached hydrogens (tertiary/aromatic N) is 4. The zero-order valence-electron chi connectivity index (χ0n) is 18.8. The molecule has 1 aromatic heterocycles. The molecule has 0 atom stereocenters. The Morgan fingerprint density at radius 1 is 1.30 bits per heavy atom. The highest BCUT2D eigenvalue weighted by Gasteiger charge is 2.28. The SMILES string of the molecule is CN=C(NCc1nc(C(C)(C)C)cs1)N1CCN(S(=O)(=O)CCOC(C)C)CC1.I. The molecule has 2 heterocycles. The van der Waals surface area contributed by atoms with Gasteiger partial charge in [-0.1, -0.05) is 20.8 Å². The third kappa shape index (κ3) is 8.21. The molecule has 1 aliphatic rings. The van der Waals surface area contributed by atoms with Crippen molar-refractivity contribution < 1.29 is 13.2 Å². The Bertz CT molecular complexity index is 782. The van der Waals surface area contributed by atoms with E-state index < -0.39 is 10.0 Å². The summed E-state index contributed by atoms with van der Waals surface area (Å²) in [5.41, 5.74) is 1.13. The molecule has 1 aromatic rings. The third-order valence-electron chi connectivity index (χ3n) is 4.65. The fourth-order valence-electron chi connectivity index (χ4n) is 2.92. The predicted octanol–water partition coefficient (Wildman–Crippen LogP) is 2.51. The highest BCUT2D eigenvalue weighted by atomic mass is 127. The standard InChI is InChI=1S/C19H35N5O3S2.HI/c1-15(2)27-11-12-29(25,26)24-9-7-23(8-10-24)18(20-6)21-13-17-22-16(14-28-17)19(3,4)5;/h14-15H,7-13H2,1-6H3,(H,20,21);1H. The van der Waals surface area contributed by atoms with Crippen LogP contribution >= 0.6 is 35.3 Å². The van der Waals surface area contributed by atoms with E-state index in [2.05, 4.69) is 41.4 Å². The van der Waals surface area contributed by atoms with Gasteiger partial charge in [-0.25, -0.2) is 13.4 Å². The summed E-state index contributed by atoms with van der Waals surface area (Å²) >= 11 is 1.64. The average molecular weight is 574 g/mol. The second-order valence-electron chi connectivity index (χ2n) is 8.40. The molecule has 1 N–H and O–H groups in total. The molecule has 0 unspecified atom stereocenters. The van der Waals surface area contributed by atoms with Crippen molar-refractivity contribution in [3.05, 3.63) is 16.1 Å². The number of piperazine rings is 1. The Balaban J connectivity index is 0.00000450. The van der Waals surface area contributed by atoms with Gasteiger partial charge in [-0.05, 0) is 13.8 Å². The van der Waals surface area contributed by atoms with Gasteiger partial charge < -0.3 is 15.0 Å². The van der Waals surface area contributed by atoms with Crippen LogP contribution in [0, 0.1) is 0 Å². The monoisotopic (exact) mass is 573 g/mol. The van der Waals surface area contributed by atoms with Crippen LogP contribution in [0.4, 0.5) is 0 Å². The van der Waals surface area contributed by atoms with Crippen LogP contribution < -0.4 is 5.32 Å².